The molecule has 0 unspecified atom stereocenters. The summed E-state index contributed by atoms with van der Waals surface area (Å²) >= 11 is 3.37. The first-order valence-electron chi connectivity index (χ1n) is 6.19. The van der Waals surface area contributed by atoms with Crippen molar-refractivity contribution in [2.75, 3.05) is 5.32 Å². The molecule has 2 aromatic carbocycles. The fourth-order valence-electron chi connectivity index (χ4n) is 1.82. The third-order valence-electron chi connectivity index (χ3n) is 2.91. The van der Waals surface area contributed by atoms with E-state index in [0.717, 1.165) is 10.0 Å². The lowest BCUT2D eigenvalue weighted by atomic mass is 10.1. The molecule has 0 aliphatic heterocycles. The van der Waals surface area contributed by atoms with E-state index in [-0.39, 0.29) is 11.1 Å². The van der Waals surface area contributed by atoms with Gasteiger partial charge in [-0.05, 0) is 35.9 Å². The maximum atomic E-state index is 11.3. The second-order valence-corrected chi connectivity index (χ2v) is 5.42. The van der Waals surface area contributed by atoms with Crippen molar-refractivity contribution in [2.24, 2.45) is 11.5 Å². The van der Waals surface area contributed by atoms with Crippen LogP contribution in [-0.4, -0.2) is 11.8 Å². The highest BCUT2D eigenvalue weighted by Gasteiger charge is 2.09. The molecule has 2 amide bonds. The lowest BCUT2D eigenvalue weighted by Crippen LogP contribution is -2.16. The average Bonchev–Trinajstić information content (AvgIpc) is 2.46. The minimum atomic E-state index is -0.607. The Balaban J connectivity index is 2.20. The molecule has 0 bridgehead atoms. The van der Waals surface area contributed by atoms with Crippen molar-refractivity contribution in [3.05, 3.63) is 63.6 Å². The third kappa shape index (κ3) is 4.06. The molecule has 0 radical (unpaired) electrons. The Hall–Kier alpha value is -2.34. The second kappa shape index (κ2) is 6.41. The summed E-state index contributed by atoms with van der Waals surface area (Å²) < 4.78 is 0.998. The van der Waals surface area contributed by atoms with E-state index in [2.05, 4.69) is 21.2 Å². The van der Waals surface area contributed by atoms with Crippen LogP contribution >= 0.6 is 15.9 Å². The number of rotatable bonds is 5. The predicted molar refractivity (Wildman–Crippen MR) is 84.9 cm³/mol. The molecule has 0 saturated carbocycles. The molecule has 2 aromatic rings. The molecule has 6 heteroatoms. The van der Waals surface area contributed by atoms with Gasteiger partial charge in [0.1, 0.15) is 0 Å². The Labute approximate surface area is 130 Å². The van der Waals surface area contributed by atoms with Gasteiger partial charge in [-0.3, -0.25) is 9.59 Å². The molecule has 0 saturated heterocycles. The lowest BCUT2D eigenvalue weighted by molar-refractivity contribution is 0.0999. The number of carbonyl (C=O) groups excluding carboxylic acids is 2. The zero-order chi connectivity index (χ0) is 15.4. The first kappa shape index (κ1) is 15.1. The summed E-state index contributed by atoms with van der Waals surface area (Å²) in [6, 6.07) is 12.4. The van der Waals surface area contributed by atoms with Gasteiger partial charge in [-0.1, -0.05) is 28.1 Å². The molecule has 5 nitrogen and oxygen atoms in total. The minimum Gasteiger partial charge on any atom is -0.381 e. The number of primary amides is 2. The van der Waals surface area contributed by atoms with Crippen LogP contribution in [0.3, 0.4) is 0 Å². The van der Waals surface area contributed by atoms with Crippen LogP contribution < -0.4 is 16.8 Å². The number of benzene rings is 2. The Morgan fingerprint density at radius 2 is 1.48 bits per heavy atom. The van der Waals surface area contributed by atoms with Crippen molar-refractivity contribution in [3.8, 4) is 0 Å². The van der Waals surface area contributed by atoms with Gasteiger partial charge in [0.15, 0.2) is 0 Å². The molecule has 0 heterocycles. The number of hydrogen-bond donors (Lipinski definition) is 3. The fourth-order valence-corrected chi connectivity index (χ4v) is 2.08. The Morgan fingerprint density at radius 1 is 0.952 bits per heavy atom. The highest BCUT2D eigenvalue weighted by molar-refractivity contribution is 9.10. The Bertz CT molecular complexity index is 652. The van der Waals surface area contributed by atoms with Gasteiger partial charge in [0.05, 0.1) is 0 Å². The number of halogens is 1. The van der Waals surface area contributed by atoms with E-state index in [1.165, 1.54) is 6.07 Å². The summed E-state index contributed by atoms with van der Waals surface area (Å²) in [5.41, 5.74) is 12.7. The minimum absolute atomic E-state index is 0.240. The topological polar surface area (TPSA) is 98.2 Å². The van der Waals surface area contributed by atoms with E-state index in [0.29, 0.717) is 12.2 Å². The zero-order valence-corrected chi connectivity index (χ0v) is 12.7. The number of nitrogens with one attached hydrogen (secondary N) is 1. The van der Waals surface area contributed by atoms with Crippen LogP contribution in [0.15, 0.2) is 46.9 Å². The SMILES string of the molecule is NC(=O)c1cc(NCc2ccc(Br)cc2)cc(C(N)=O)c1. The van der Waals surface area contributed by atoms with Crippen LogP contribution in [0.1, 0.15) is 26.3 Å². The van der Waals surface area contributed by atoms with Crippen LogP contribution in [0.25, 0.3) is 0 Å². The summed E-state index contributed by atoms with van der Waals surface area (Å²) in [6.45, 7) is 0.549. The molecule has 0 spiro atoms. The van der Waals surface area contributed by atoms with Crippen LogP contribution in [0.4, 0.5) is 5.69 Å². The van der Waals surface area contributed by atoms with Gasteiger partial charge < -0.3 is 16.8 Å². The quantitative estimate of drug-likeness (QED) is 0.773. The number of carbonyl (C=O) groups is 2. The average molecular weight is 348 g/mol. The van der Waals surface area contributed by atoms with E-state index in [1.54, 1.807) is 12.1 Å². The summed E-state index contributed by atoms with van der Waals surface area (Å²) in [5, 5.41) is 3.14. The lowest BCUT2D eigenvalue weighted by Gasteiger charge is -2.09. The molecular formula is C15H14BrN3O2. The molecule has 21 heavy (non-hydrogen) atoms. The van der Waals surface area contributed by atoms with Crippen molar-refractivity contribution >= 4 is 33.4 Å². The Kier molecular flexibility index (Phi) is 4.59. The van der Waals surface area contributed by atoms with E-state index in [9.17, 15) is 9.59 Å². The summed E-state index contributed by atoms with van der Waals surface area (Å²) in [5.74, 6) is -1.21. The first-order valence-corrected chi connectivity index (χ1v) is 6.98. The third-order valence-corrected chi connectivity index (χ3v) is 3.44. The highest BCUT2D eigenvalue weighted by Crippen LogP contribution is 2.17. The number of hydrogen-bond acceptors (Lipinski definition) is 3. The van der Waals surface area contributed by atoms with Gasteiger partial charge in [-0.25, -0.2) is 0 Å². The van der Waals surface area contributed by atoms with Crippen LogP contribution in [0.5, 0.6) is 0 Å². The fraction of sp³-hybridized carbons (Fsp3) is 0.0667. The standard InChI is InChI=1S/C15H14BrN3O2/c16-12-3-1-9(2-4-12)8-19-13-6-10(14(17)20)5-11(7-13)15(18)21/h1-7,19H,8H2,(H2,17,20)(H2,18,21). The normalized spacial score (nSPS) is 10.1. The summed E-state index contributed by atoms with van der Waals surface area (Å²) in [7, 11) is 0. The number of anilines is 1. The van der Waals surface area contributed by atoms with E-state index >= 15 is 0 Å². The highest BCUT2D eigenvalue weighted by atomic mass is 79.9. The van der Waals surface area contributed by atoms with Crippen molar-refractivity contribution in [1.29, 1.82) is 0 Å². The predicted octanol–water partition coefficient (Wildman–Crippen LogP) is 2.26. The maximum Gasteiger partial charge on any atom is 0.248 e. The molecule has 0 aromatic heterocycles. The molecular weight excluding hydrogens is 334 g/mol. The van der Waals surface area contributed by atoms with Gasteiger partial charge in [0, 0.05) is 27.8 Å². The van der Waals surface area contributed by atoms with Gasteiger partial charge in [0.2, 0.25) is 11.8 Å². The largest absolute Gasteiger partial charge is 0.381 e. The van der Waals surface area contributed by atoms with Crippen molar-refractivity contribution in [1.82, 2.24) is 0 Å². The monoisotopic (exact) mass is 347 g/mol. The van der Waals surface area contributed by atoms with Crippen LogP contribution in [0.2, 0.25) is 0 Å². The molecule has 0 fully saturated rings. The van der Waals surface area contributed by atoms with Gasteiger partial charge in [-0.2, -0.15) is 0 Å². The van der Waals surface area contributed by atoms with Crippen molar-refractivity contribution in [2.45, 2.75) is 6.54 Å². The van der Waals surface area contributed by atoms with E-state index in [4.69, 9.17) is 11.5 Å². The molecule has 2 rings (SSSR count). The van der Waals surface area contributed by atoms with Crippen molar-refractivity contribution in [3.63, 3.8) is 0 Å². The van der Waals surface area contributed by atoms with Crippen molar-refractivity contribution < 1.29 is 9.59 Å². The molecule has 108 valence electrons. The summed E-state index contributed by atoms with van der Waals surface area (Å²) in [4.78, 5) is 22.6. The maximum absolute atomic E-state index is 11.3. The van der Waals surface area contributed by atoms with Gasteiger partial charge in [-0.15, -0.1) is 0 Å². The molecule has 0 aliphatic carbocycles. The van der Waals surface area contributed by atoms with Crippen LogP contribution in [0, 0.1) is 0 Å². The number of amides is 2. The molecule has 5 N–H and O–H groups in total. The molecule has 0 atom stereocenters. The van der Waals surface area contributed by atoms with E-state index in [1.807, 2.05) is 24.3 Å². The molecule has 0 aliphatic rings. The zero-order valence-electron chi connectivity index (χ0n) is 11.1. The second-order valence-electron chi connectivity index (χ2n) is 4.51. The smallest absolute Gasteiger partial charge is 0.248 e. The van der Waals surface area contributed by atoms with E-state index < -0.39 is 11.8 Å². The van der Waals surface area contributed by atoms with Gasteiger partial charge in [0.25, 0.3) is 0 Å². The summed E-state index contributed by atoms with van der Waals surface area (Å²) in [6.07, 6.45) is 0. The van der Waals surface area contributed by atoms with Gasteiger partial charge >= 0.3 is 0 Å². The number of nitrogens with two attached hydrogens (primary N) is 2. The van der Waals surface area contributed by atoms with Crippen LogP contribution in [-0.2, 0) is 6.54 Å². The Morgan fingerprint density at radius 3 is 1.95 bits per heavy atom. The first-order chi connectivity index (χ1) is 9.95.